The first-order valence-electron chi connectivity index (χ1n) is 7.35. The van der Waals surface area contributed by atoms with Crippen molar-refractivity contribution in [1.82, 2.24) is 4.31 Å². The zero-order chi connectivity index (χ0) is 16.3. The molecule has 1 amide bonds. The van der Waals surface area contributed by atoms with E-state index in [4.69, 9.17) is 0 Å². The maximum absolute atomic E-state index is 13.0. The minimum atomic E-state index is -3.19. The van der Waals surface area contributed by atoms with Gasteiger partial charge in [-0.05, 0) is 44.0 Å². The third kappa shape index (κ3) is 3.84. The lowest BCUT2D eigenvalue weighted by Gasteiger charge is -2.32. The third-order valence-corrected chi connectivity index (χ3v) is 5.30. The van der Waals surface area contributed by atoms with E-state index < -0.39 is 10.0 Å². The number of halogens is 1. The predicted octanol–water partition coefficient (Wildman–Crippen LogP) is 1.85. The van der Waals surface area contributed by atoms with Gasteiger partial charge in [0.25, 0.3) is 0 Å². The molecule has 1 aliphatic rings. The molecule has 7 heteroatoms. The van der Waals surface area contributed by atoms with Gasteiger partial charge in [0.15, 0.2) is 0 Å². The number of amides is 1. The Morgan fingerprint density at radius 2 is 1.82 bits per heavy atom. The molecule has 1 aromatic rings. The number of carbonyl (C=O) groups is 1. The van der Waals surface area contributed by atoms with Crippen LogP contribution in [0.3, 0.4) is 0 Å². The third-order valence-electron chi connectivity index (χ3n) is 3.99. The first kappa shape index (κ1) is 16.9. The number of piperidine rings is 1. The van der Waals surface area contributed by atoms with E-state index in [0.717, 1.165) is 0 Å². The van der Waals surface area contributed by atoms with E-state index in [-0.39, 0.29) is 17.6 Å². The van der Waals surface area contributed by atoms with Crippen LogP contribution in [0, 0.1) is 11.7 Å². The summed E-state index contributed by atoms with van der Waals surface area (Å²) >= 11 is 0. The zero-order valence-corrected chi connectivity index (χ0v) is 13.6. The molecule has 1 aliphatic heterocycles. The molecule has 0 bridgehead atoms. The fraction of sp³-hybridized carbons (Fsp3) is 0.533. The summed E-state index contributed by atoms with van der Waals surface area (Å²) in [5.41, 5.74) is 0.666. The first-order chi connectivity index (χ1) is 10.3. The Balaban J connectivity index is 2.06. The molecule has 0 aromatic heterocycles. The Kier molecular flexibility index (Phi) is 5.18. The Hall–Kier alpha value is -1.47. The zero-order valence-electron chi connectivity index (χ0n) is 12.8. The van der Waals surface area contributed by atoms with Crippen LogP contribution in [0.5, 0.6) is 0 Å². The lowest BCUT2D eigenvalue weighted by molar-refractivity contribution is -0.123. The molecule has 2 rings (SSSR count). The van der Waals surface area contributed by atoms with Crippen molar-refractivity contribution in [3.8, 4) is 0 Å². The van der Waals surface area contributed by atoms with Crippen molar-refractivity contribution < 1.29 is 17.6 Å². The standard InChI is InChI=1S/C15H21FN2O3S/c1-3-18(14-6-4-13(16)5-7-14)15(19)12-8-10-17(11-9-12)22(2,20)21/h4-7,12H,3,8-11H2,1-2H3. The lowest BCUT2D eigenvalue weighted by Crippen LogP contribution is -2.44. The molecular weight excluding hydrogens is 307 g/mol. The SMILES string of the molecule is CCN(C(=O)C1CCN(S(C)(=O)=O)CC1)c1ccc(F)cc1. The molecule has 22 heavy (non-hydrogen) atoms. The van der Waals surface area contributed by atoms with Gasteiger partial charge in [0.05, 0.1) is 6.26 Å². The minimum absolute atomic E-state index is 0.0257. The number of carbonyl (C=O) groups excluding carboxylic acids is 1. The Bertz CT molecular complexity index is 623. The van der Waals surface area contributed by atoms with Crippen LogP contribution >= 0.6 is 0 Å². The van der Waals surface area contributed by atoms with Gasteiger partial charge in [-0.1, -0.05) is 0 Å². The van der Waals surface area contributed by atoms with Crippen molar-refractivity contribution in [2.45, 2.75) is 19.8 Å². The van der Waals surface area contributed by atoms with E-state index in [9.17, 15) is 17.6 Å². The fourth-order valence-corrected chi connectivity index (χ4v) is 3.62. The molecule has 1 saturated heterocycles. The van der Waals surface area contributed by atoms with Gasteiger partial charge in [0, 0.05) is 31.2 Å². The lowest BCUT2D eigenvalue weighted by atomic mass is 9.96. The summed E-state index contributed by atoms with van der Waals surface area (Å²) in [5, 5.41) is 0. The second-order valence-electron chi connectivity index (χ2n) is 5.50. The normalized spacial score (nSPS) is 17.4. The summed E-state index contributed by atoms with van der Waals surface area (Å²) in [6, 6.07) is 5.83. The maximum atomic E-state index is 13.0. The van der Waals surface area contributed by atoms with Gasteiger partial charge in [-0.15, -0.1) is 0 Å². The fourth-order valence-electron chi connectivity index (χ4n) is 2.74. The largest absolute Gasteiger partial charge is 0.312 e. The van der Waals surface area contributed by atoms with Gasteiger partial charge in [-0.25, -0.2) is 17.1 Å². The van der Waals surface area contributed by atoms with Crippen molar-refractivity contribution in [3.63, 3.8) is 0 Å². The summed E-state index contributed by atoms with van der Waals surface area (Å²) < 4.78 is 37.4. The molecule has 0 radical (unpaired) electrons. The van der Waals surface area contributed by atoms with Crippen LogP contribution in [0.2, 0.25) is 0 Å². The number of hydrogen-bond donors (Lipinski definition) is 0. The van der Waals surface area contributed by atoms with Gasteiger partial charge in [0.2, 0.25) is 15.9 Å². The molecule has 1 heterocycles. The molecular formula is C15H21FN2O3S. The number of hydrogen-bond acceptors (Lipinski definition) is 3. The molecule has 122 valence electrons. The summed E-state index contributed by atoms with van der Waals surface area (Å²) in [6.07, 6.45) is 2.22. The van der Waals surface area contributed by atoms with Crippen LogP contribution in [-0.4, -0.2) is 44.5 Å². The van der Waals surface area contributed by atoms with E-state index in [2.05, 4.69) is 0 Å². The predicted molar refractivity (Wildman–Crippen MR) is 83.6 cm³/mol. The second kappa shape index (κ2) is 6.75. The van der Waals surface area contributed by atoms with Crippen molar-refractivity contribution in [1.29, 1.82) is 0 Å². The highest BCUT2D eigenvalue weighted by molar-refractivity contribution is 7.88. The van der Waals surface area contributed by atoms with Crippen LogP contribution in [0.1, 0.15) is 19.8 Å². The van der Waals surface area contributed by atoms with E-state index in [1.807, 2.05) is 6.92 Å². The Labute approximate surface area is 130 Å². The van der Waals surface area contributed by atoms with Gasteiger partial charge in [-0.3, -0.25) is 4.79 Å². The van der Waals surface area contributed by atoms with Gasteiger partial charge in [-0.2, -0.15) is 0 Å². The highest BCUT2D eigenvalue weighted by Gasteiger charge is 2.31. The molecule has 0 N–H and O–H groups in total. The maximum Gasteiger partial charge on any atom is 0.230 e. The van der Waals surface area contributed by atoms with E-state index >= 15 is 0 Å². The molecule has 1 aromatic carbocycles. The van der Waals surface area contributed by atoms with Gasteiger partial charge < -0.3 is 4.90 Å². The van der Waals surface area contributed by atoms with E-state index in [1.54, 1.807) is 17.0 Å². The van der Waals surface area contributed by atoms with Crippen molar-refractivity contribution >= 4 is 21.6 Å². The van der Waals surface area contributed by atoms with Crippen LogP contribution < -0.4 is 4.90 Å². The van der Waals surface area contributed by atoms with Crippen LogP contribution in [0.25, 0.3) is 0 Å². The highest BCUT2D eigenvalue weighted by Crippen LogP contribution is 2.24. The molecule has 5 nitrogen and oxygen atoms in total. The second-order valence-corrected chi connectivity index (χ2v) is 7.48. The van der Waals surface area contributed by atoms with Crippen molar-refractivity contribution in [2.75, 3.05) is 30.8 Å². The number of benzene rings is 1. The Morgan fingerprint density at radius 1 is 1.27 bits per heavy atom. The molecule has 1 fully saturated rings. The molecule has 0 spiro atoms. The van der Waals surface area contributed by atoms with E-state index in [0.29, 0.717) is 38.2 Å². The quantitative estimate of drug-likeness (QED) is 0.847. The van der Waals surface area contributed by atoms with Crippen molar-refractivity contribution in [2.24, 2.45) is 5.92 Å². The summed E-state index contributed by atoms with van der Waals surface area (Å²) in [4.78, 5) is 14.3. The number of nitrogens with zero attached hydrogens (tertiary/aromatic N) is 2. The first-order valence-corrected chi connectivity index (χ1v) is 9.20. The number of rotatable bonds is 4. The van der Waals surface area contributed by atoms with E-state index in [1.165, 1.54) is 22.7 Å². The summed E-state index contributed by atoms with van der Waals surface area (Å²) in [5.74, 6) is -0.557. The van der Waals surface area contributed by atoms with Crippen LogP contribution in [0.4, 0.5) is 10.1 Å². The summed E-state index contributed by atoms with van der Waals surface area (Å²) in [7, 11) is -3.19. The summed E-state index contributed by atoms with van der Waals surface area (Å²) in [6.45, 7) is 3.11. The average Bonchev–Trinajstić information content (AvgIpc) is 2.49. The number of anilines is 1. The highest BCUT2D eigenvalue weighted by atomic mass is 32.2. The number of sulfonamides is 1. The van der Waals surface area contributed by atoms with Crippen LogP contribution in [0.15, 0.2) is 24.3 Å². The average molecular weight is 328 g/mol. The van der Waals surface area contributed by atoms with Crippen LogP contribution in [-0.2, 0) is 14.8 Å². The smallest absolute Gasteiger partial charge is 0.230 e. The van der Waals surface area contributed by atoms with Crippen molar-refractivity contribution in [3.05, 3.63) is 30.1 Å². The van der Waals surface area contributed by atoms with Gasteiger partial charge in [0.1, 0.15) is 5.82 Å². The topological polar surface area (TPSA) is 57.7 Å². The molecule has 0 saturated carbocycles. The molecule has 0 atom stereocenters. The van der Waals surface area contributed by atoms with Gasteiger partial charge >= 0.3 is 0 Å². The Morgan fingerprint density at radius 3 is 2.27 bits per heavy atom. The minimum Gasteiger partial charge on any atom is -0.312 e. The molecule has 0 aliphatic carbocycles. The molecule has 0 unspecified atom stereocenters. The monoisotopic (exact) mass is 328 g/mol.